The van der Waals surface area contributed by atoms with Gasteiger partial charge in [0.1, 0.15) is 11.0 Å². The van der Waals surface area contributed by atoms with E-state index >= 15 is 0 Å². The second-order valence-corrected chi connectivity index (χ2v) is 6.46. The average Bonchev–Trinajstić information content (AvgIpc) is 2.74. The Morgan fingerprint density at radius 2 is 1.77 bits per heavy atom. The van der Waals surface area contributed by atoms with Crippen molar-refractivity contribution in [1.82, 2.24) is 0 Å². The molecule has 22 heavy (non-hydrogen) atoms. The molecule has 0 saturated carbocycles. The number of rotatable bonds is 6. The average molecular weight is 331 g/mol. The number of hydrogen-bond donors (Lipinski definition) is 0. The van der Waals surface area contributed by atoms with Crippen LogP contribution in [0.5, 0.6) is 0 Å². The van der Waals surface area contributed by atoms with Crippen LogP contribution in [-0.4, -0.2) is 57.3 Å². The Labute approximate surface area is 154 Å². The summed E-state index contributed by atoms with van der Waals surface area (Å²) in [5.74, 6) is 0. The van der Waals surface area contributed by atoms with Gasteiger partial charge in [-0.1, -0.05) is 43.3 Å². The van der Waals surface area contributed by atoms with Gasteiger partial charge in [-0.25, -0.2) is 0 Å². The van der Waals surface area contributed by atoms with E-state index < -0.39 is 16.2 Å². The molecule has 0 aromatic carbocycles. The van der Waals surface area contributed by atoms with Gasteiger partial charge in [-0.05, 0) is 25.0 Å². The molecule has 0 aromatic rings. The minimum absolute atomic E-state index is 0. The topological polar surface area (TPSA) is 52.6 Å². The number of hydrogen-bond acceptors (Lipinski definition) is 4. The first-order valence-electron chi connectivity index (χ1n) is 6.93. The fraction of sp³-hybridized carbons (Fsp3) is 0.375. The van der Waals surface area contributed by atoms with Crippen LogP contribution in [0.2, 0.25) is 0 Å². The second-order valence-electron chi connectivity index (χ2n) is 4.92. The molecule has 2 unspecified atom stereocenters. The van der Waals surface area contributed by atoms with Crippen molar-refractivity contribution in [3.05, 3.63) is 42.5 Å². The smallest absolute Gasteiger partial charge is 0.297 e. The molecule has 2 aliphatic rings. The second kappa shape index (κ2) is 8.43. The van der Waals surface area contributed by atoms with E-state index in [9.17, 15) is 8.42 Å². The molecule has 0 aliphatic heterocycles. The quantitative estimate of drug-likeness (QED) is 0.603. The summed E-state index contributed by atoms with van der Waals surface area (Å²) < 4.78 is 35.6. The summed E-state index contributed by atoms with van der Waals surface area (Å²) in [6, 6.07) is 12.6. The Kier molecular flexibility index (Phi) is 7.52. The van der Waals surface area contributed by atoms with Crippen LogP contribution in [0.4, 0.5) is 0 Å². The third-order valence-electron chi connectivity index (χ3n) is 3.57. The molecule has 2 aliphatic carbocycles. The molecule has 0 heterocycles. The molecular formula is C16H20NaO4S. The third kappa shape index (κ3) is 4.31. The van der Waals surface area contributed by atoms with Crippen LogP contribution in [0.15, 0.2) is 47.4 Å². The van der Waals surface area contributed by atoms with E-state index in [4.69, 9.17) is 8.92 Å². The summed E-state index contributed by atoms with van der Waals surface area (Å²) in [5.41, 5.74) is 1.54. The van der Waals surface area contributed by atoms with Gasteiger partial charge in [-0.2, -0.15) is 8.42 Å². The largest absolute Gasteiger partial charge is 0.379 e. The van der Waals surface area contributed by atoms with Crippen molar-refractivity contribution in [1.29, 1.82) is 0 Å². The Hall–Kier alpha value is -0.430. The van der Waals surface area contributed by atoms with E-state index in [1.54, 1.807) is 32.2 Å². The molecule has 0 aromatic heterocycles. The van der Waals surface area contributed by atoms with Gasteiger partial charge in [0.2, 0.25) is 0 Å². The Morgan fingerprint density at radius 3 is 2.41 bits per heavy atom. The molecule has 2 rings (SSSR count). The number of fused-ring (bicyclic) bond motifs is 1. The maximum Gasteiger partial charge on any atom is 0.297 e. The van der Waals surface area contributed by atoms with E-state index in [0.29, 0.717) is 12.0 Å². The van der Waals surface area contributed by atoms with E-state index in [-0.39, 0.29) is 40.6 Å². The zero-order valence-electron chi connectivity index (χ0n) is 13.4. The predicted molar refractivity (Wildman–Crippen MR) is 87.6 cm³/mol. The minimum atomic E-state index is -3.82. The Bertz CT molecular complexity index is 672. The monoisotopic (exact) mass is 331 g/mol. The number of methoxy groups -OCH3 is 1. The van der Waals surface area contributed by atoms with Crippen LogP contribution in [0.3, 0.4) is 0 Å². The predicted octanol–water partition coefficient (Wildman–Crippen LogP) is 2.93. The summed E-state index contributed by atoms with van der Waals surface area (Å²) >= 11 is 0. The molecule has 0 saturated heterocycles. The van der Waals surface area contributed by atoms with Crippen molar-refractivity contribution < 1.29 is 17.3 Å². The summed E-state index contributed by atoms with van der Waals surface area (Å²) in [6.45, 7) is 3.67. The van der Waals surface area contributed by atoms with Crippen molar-refractivity contribution >= 4 is 39.7 Å². The summed E-state index contributed by atoms with van der Waals surface area (Å²) in [4.78, 5) is 0.204. The van der Waals surface area contributed by atoms with Gasteiger partial charge in [0, 0.05) is 42.2 Å². The molecule has 1 radical (unpaired) electrons. The fourth-order valence-electron chi connectivity index (χ4n) is 2.25. The van der Waals surface area contributed by atoms with Gasteiger partial charge in [0.15, 0.2) is 0 Å². The SMILES string of the molecule is CCC(OS(=O)(=O)c1ccc2cccccc1-2)C(C)OC.[Na]. The molecule has 4 nitrogen and oxygen atoms in total. The first-order chi connectivity index (χ1) is 9.99. The molecule has 6 heteroatoms. The summed E-state index contributed by atoms with van der Waals surface area (Å²) in [5, 5.41) is 0. The summed E-state index contributed by atoms with van der Waals surface area (Å²) in [7, 11) is -2.28. The van der Waals surface area contributed by atoms with Crippen molar-refractivity contribution in [2.75, 3.05) is 7.11 Å². The van der Waals surface area contributed by atoms with Gasteiger partial charge in [0.05, 0.1) is 6.10 Å². The van der Waals surface area contributed by atoms with E-state index in [1.165, 1.54) is 0 Å². The zero-order valence-corrected chi connectivity index (χ0v) is 16.3. The third-order valence-corrected chi connectivity index (χ3v) is 4.96. The van der Waals surface area contributed by atoms with Gasteiger partial charge in [-0.3, -0.25) is 4.18 Å². The van der Waals surface area contributed by atoms with Crippen LogP contribution < -0.4 is 0 Å². The van der Waals surface area contributed by atoms with Gasteiger partial charge in [-0.15, -0.1) is 0 Å². The fourth-order valence-corrected chi connectivity index (χ4v) is 3.66. The van der Waals surface area contributed by atoms with Crippen molar-refractivity contribution in [3.63, 3.8) is 0 Å². The van der Waals surface area contributed by atoms with Crippen molar-refractivity contribution in [2.24, 2.45) is 0 Å². The standard InChI is InChI=1S/C16H20O4S.Na/c1-4-15(12(2)19-3)20-21(17,18)16-11-10-13-8-6-5-7-9-14(13)16;/h5-12,15H,4H2,1-3H3;. The van der Waals surface area contributed by atoms with E-state index in [0.717, 1.165) is 5.56 Å². The van der Waals surface area contributed by atoms with Gasteiger partial charge >= 0.3 is 0 Å². The normalized spacial score (nSPS) is 14.3. The molecular weight excluding hydrogens is 311 g/mol. The molecule has 0 fully saturated rings. The molecule has 0 spiro atoms. The summed E-state index contributed by atoms with van der Waals surface area (Å²) in [6.07, 6.45) is -0.231. The van der Waals surface area contributed by atoms with Crippen molar-refractivity contribution in [2.45, 2.75) is 37.4 Å². The molecule has 115 valence electrons. The van der Waals surface area contributed by atoms with Crippen molar-refractivity contribution in [3.8, 4) is 11.1 Å². The first kappa shape index (κ1) is 19.6. The van der Waals surface area contributed by atoms with Crippen LogP contribution in [-0.2, 0) is 19.0 Å². The Balaban J connectivity index is 0.00000242. The molecule has 2 atom stereocenters. The van der Waals surface area contributed by atoms with Gasteiger partial charge < -0.3 is 4.74 Å². The molecule has 0 amide bonds. The molecule has 0 bridgehead atoms. The Morgan fingerprint density at radius 1 is 1.09 bits per heavy atom. The van der Waals surface area contributed by atoms with Gasteiger partial charge in [0.25, 0.3) is 10.1 Å². The van der Waals surface area contributed by atoms with Crippen LogP contribution in [0.25, 0.3) is 11.1 Å². The molecule has 0 N–H and O–H groups in total. The van der Waals surface area contributed by atoms with E-state index in [2.05, 4.69) is 0 Å². The minimum Gasteiger partial charge on any atom is -0.379 e. The zero-order chi connectivity index (χ0) is 15.5. The first-order valence-corrected chi connectivity index (χ1v) is 8.34. The van der Waals surface area contributed by atoms with Crippen LogP contribution in [0.1, 0.15) is 20.3 Å². The van der Waals surface area contributed by atoms with Crippen LogP contribution in [0, 0.1) is 0 Å². The van der Waals surface area contributed by atoms with E-state index in [1.807, 2.05) is 31.2 Å². The maximum atomic E-state index is 12.5. The maximum absolute atomic E-state index is 12.5. The van der Waals surface area contributed by atoms with Crippen LogP contribution >= 0.6 is 0 Å². The number of ether oxygens (including phenoxy) is 1.